The highest BCUT2D eigenvalue weighted by atomic mass is 32.2. The number of carbonyl (C=O) groups is 1. The van der Waals surface area contributed by atoms with Gasteiger partial charge in [-0.3, -0.25) is 4.79 Å². The predicted molar refractivity (Wildman–Crippen MR) is 117 cm³/mol. The van der Waals surface area contributed by atoms with Crippen LogP contribution in [0.1, 0.15) is 37.3 Å². The van der Waals surface area contributed by atoms with Crippen LogP contribution in [0.5, 0.6) is 5.75 Å². The van der Waals surface area contributed by atoms with Crippen molar-refractivity contribution in [1.29, 1.82) is 0 Å². The molecule has 0 heterocycles. The zero-order valence-electron chi connectivity index (χ0n) is 19.1. The summed E-state index contributed by atoms with van der Waals surface area (Å²) in [5, 5.41) is 0. The largest absolute Gasteiger partial charge is 0.497 e. The van der Waals surface area contributed by atoms with E-state index in [2.05, 4.69) is 6.92 Å². The maximum atomic E-state index is 13.0. The SMILES string of the molecule is COc1cc(C)c(S(=O)(=O)N(C)CCOCC(=O)N(C)C[C@H]2CC[C@@H](C)C2)c(C)c1. The van der Waals surface area contributed by atoms with E-state index in [1.165, 1.54) is 30.6 Å². The smallest absolute Gasteiger partial charge is 0.248 e. The molecule has 1 aromatic rings. The van der Waals surface area contributed by atoms with Gasteiger partial charge in [0.15, 0.2) is 0 Å². The summed E-state index contributed by atoms with van der Waals surface area (Å²) in [5.41, 5.74) is 1.27. The zero-order chi connectivity index (χ0) is 22.5. The van der Waals surface area contributed by atoms with Gasteiger partial charge in [-0.25, -0.2) is 8.42 Å². The molecule has 1 amide bonds. The van der Waals surface area contributed by atoms with Gasteiger partial charge in [0.05, 0.1) is 18.6 Å². The van der Waals surface area contributed by atoms with Crippen molar-refractivity contribution in [1.82, 2.24) is 9.21 Å². The third-order valence-electron chi connectivity index (χ3n) is 5.88. The van der Waals surface area contributed by atoms with Gasteiger partial charge in [0, 0.05) is 27.2 Å². The number of ether oxygens (including phenoxy) is 2. The number of hydrogen-bond acceptors (Lipinski definition) is 5. The second-order valence-corrected chi connectivity index (χ2v) is 10.5. The van der Waals surface area contributed by atoms with Crippen molar-refractivity contribution < 1.29 is 22.7 Å². The Labute approximate surface area is 181 Å². The number of sulfonamides is 1. The fourth-order valence-corrected chi connectivity index (χ4v) is 5.71. The molecule has 1 fully saturated rings. The number of benzene rings is 1. The average Bonchev–Trinajstić information content (AvgIpc) is 3.08. The van der Waals surface area contributed by atoms with Crippen LogP contribution in [0.2, 0.25) is 0 Å². The van der Waals surface area contributed by atoms with Gasteiger partial charge in [0.1, 0.15) is 12.4 Å². The second kappa shape index (κ2) is 10.6. The van der Waals surface area contributed by atoms with Gasteiger partial charge in [-0.1, -0.05) is 13.3 Å². The molecule has 0 spiro atoms. The molecule has 1 aliphatic rings. The van der Waals surface area contributed by atoms with E-state index < -0.39 is 10.0 Å². The molecule has 0 radical (unpaired) electrons. The summed E-state index contributed by atoms with van der Waals surface area (Å²) in [4.78, 5) is 14.3. The van der Waals surface area contributed by atoms with E-state index in [0.29, 0.717) is 22.8 Å². The summed E-state index contributed by atoms with van der Waals surface area (Å²) in [7, 11) is 1.22. The van der Waals surface area contributed by atoms with Gasteiger partial charge in [0.25, 0.3) is 0 Å². The minimum absolute atomic E-state index is 0.0345. The number of carbonyl (C=O) groups excluding carboxylic acids is 1. The van der Waals surface area contributed by atoms with Gasteiger partial charge in [0.2, 0.25) is 15.9 Å². The molecule has 0 aromatic heterocycles. The second-order valence-electron chi connectivity index (χ2n) is 8.53. The Balaban J connectivity index is 1.84. The van der Waals surface area contributed by atoms with Gasteiger partial charge < -0.3 is 14.4 Å². The molecule has 170 valence electrons. The number of rotatable bonds is 10. The van der Waals surface area contributed by atoms with E-state index in [1.807, 2.05) is 0 Å². The minimum Gasteiger partial charge on any atom is -0.497 e. The lowest BCUT2D eigenvalue weighted by molar-refractivity contribution is -0.135. The molecule has 1 aromatic carbocycles. The van der Waals surface area contributed by atoms with E-state index >= 15 is 0 Å². The fourth-order valence-electron chi connectivity index (χ4n) is 4.15. The monoisotopic (exact) mass is 440 g/mol. The van der Waals surface area contributed by atoms with Crippen LogP contribution in [0, 0.1) is 25.7 Å². The Kier molecular flexibility index (Phi) is 8.70. The van der Waals surface area contributed by atoms with Gasteiger partial charge in [-0.05, 0) is 61.8 Å². The molecule has 30 heavy (non-hydrogen) atoms. The highest BCUT2D eigenvalue weighted by molar-refractivity contribution is 7.89. The normalized spacial score (nSPS) is 19.3. The topological polar surface area (TPSA) is 76.1 Å². The Morgan fingerprint density at radius 1 is 1.17 bits per heavy atom. The molecule has 2 rings (SSSR count). The fraction of sp³-hybridized carbons (Fsp3) is 0.682. The van der Waals surface area contributed by atoms with Gasteiger partial charge in [-0.15, -0.1) is 0 Å². The summed E-state index contributed by atoms with van der Waals surface area (Å²) < 4.78 is 37.9. The summed E-state index contributed by atoms with van der Waals surface area (Å²) in [5.74, 6) is 1.87. The minimum atomic E-state index is -3.66. The molecule has 8 heteroatoms. The van der Waals surface area contributed by atoms with Crippen LogP contribution in [0.3, 0.4) is 0 Å². The maximum absolute atomic E-state index is 13.0. The molecule has 0 saturated heterocycles. The van der Waals surface area contributed by atoms with E-state index in [9.17, 15) is 13.2 Å². The van der Waals surface area contributed by atoms with Gasteiger partial charge >= 0.3 is 0 Å². The Morgan fingerprint density at radius 3 is 2.33 bits per heavy atom. The number of amides is 1. The first-order valence-electron chi connectivity index (χ1n) is 10.5. The number of hydrogen-bond donors (Lipinski definition) is 0. The van der Waals surface area contributed by atoms with Crippen LogP contribution in [0.15, 0.2) is 17.0 Å². The highest BCUT2D eigenvalue weighted by Crippen LogP contribution is 2.30. The molecule has 1 saturated carbocycles. The van der Waals surface area contributed by atoms with E-state index in [-0.39, 0.29) is 30.6 Å². The number of methoxy groups -OCH3 is 1. The standard InChI is InChI=1S/C22H36N2O5S/c1-16-7-8-19(11-16)14-23(4)21(25)15-29-10-9-24(5)30(26,27)22-17(2)12-20(28-6)13-18(22)3/h12-13,16,19H,7-11,14-15H2,1-6H3/t16-,19+/m1/s1. The van der Waals surface area contributed by atoms with E-state index in [4.69, 9.17) is 9.47 Å². The third kappa shape index (κ3) is 6.18. The first-order valence-corrected chi connectivity index (χ1v) is 11.9. The molecule has 0 aliphatic heterocycles. The first kappa shape index (κ1) is 24.6. The highest BCUT2D eigenvalue weighted by Gasteiger charge is 2.26. The third-order valence-corrected chi connectivity index (χ3v) is 8.04. The van der Waals surface area contributed by atoms with Crippen LogP contribution < -0.4 is 4.74 Å². The van der Waals surface area contributed by atoms with Crippen molar-refractivity contribution in [3.8, 4) is 5.75 Å². The Morgan fingerprint density at radius 2 is 1.80 bits per heavy atom. The number of nitrogens with zero attached hydrogens (tertiary/aromatic N) is 2. The summed E-state index contributed by atoms with van der Waals surface area (Å²) in [6.45, 7) is 6.82. The molecule has 2 atom stereocenters. The van der Waals surface area contributed by atoms with Crippen LogP contribution >= 0.6 is 0 Å². The lowest BCUT2D eigenvalue weighted by Crippen LogP contribution is -2.35. The molecular weight excluding hydrogens is 404 g/mol. The molecule has 7 nitrogen and oxygen atoms in total. The van der Waals surface area contributed by atoms with Crippen LogP contribution in [0.4, 0.5) is 0 Å². The van der Waals surface area contributed by atoms with Crippen LogP contribution in [0.25, 0.3) is 0 Å². The van der Waals surface area contributed by atoms with Crippen LogP contribution in [-0.4, -0.2) is 71.0 Å². The van der Waals surface area contributed by atoms with E-state index in [1.54, 1.807) is 45.0 Å². The van der Waals surface area contributed by atoms with Crippen molar-refractivity contribution >= 4 is 15.9 Å². The van der Waals surface area contributed by atoms with Crippen LogP contribution in [-0.2, 0) is 19.6 Å². The lowest BCUT2D eigenvalue weighted by atomic mass is 10.1. The van der Waals surface area contributed by atoms with Crippen molar-refractivity contribution in [2.75, 3.05) is 47.5 Å². The molecule has 1 aliphatic carbocycles. The van der Waals surface area contributed by atoms with Crippen molar-refractivity contribution in [2.24, 2.45) is 11.8 Å². The summed E-state index contributed by atoms with van der Waals surface area (Å²) >= 11 is 0. The van der Waals surface area contributed by atoms with Crippen molar-refractivity contribution in [3.05, 3.63) is 23.3 Å². The summed E-state index contributed by atoms with van der Waals surface area (Å²) in [6, 6.07) is 3.42. The van der Waals surface area contributed by atoms with Crippen molar-refractivity contribution in [3.63, 3.8) is 0 Å². The van der Waals surface area contributed by atoms with Gasteiger partial charge in [-0.2, -0.15) is 4.31 Å². The van der Waals surface area contributed by atoms with Crippen molar-refractivity contribution in [2.45, 2.75) is 44.9 Å². The number of likely N-dealkylation sites (N-methyl/N-ethyl adjacent to an activating group) is 2. The number of aryl methyl sites for hydroxylation is 2. The average molecular weight is 441 g/mol. The molecular formula is C22H36N2O5S. The lowest BCUT2D eigenvalue weighted by Gasteiger charge is -2.22. The molecule has 0 unspecified atom stereocenters. The zero-order valence-corrected chi connectivity index (χ0v) is 19.9. The molecule has 0 bridgehead atoms. The predicted octanol–water partition coefficient (Wildman–Crippen LogP) is 2.84. The van der Waals surface area contributed by atoms with E-state index in [0.717, 1.165) is 12.5 Å². The summed E-state index contributed by atoms with van der Waals surface area (Å²) in [6.07, 6.45) is 3.58. The Bertz CT molecular complexity index is 817. The Hall–Kier alpha value is -1.64. The quantitative estimate of drug-likeness (QED) is 0.523. The first-order chi connectivity index (χ1) is 14.1. The maximum Gasteiger partial charge on any atom is 0.248 e. The molecule has 0 N–H and O–H groups in total.